The lowest BCUT2D eigenvalue weighted by molar-refractivity contribution is 0.406. The fourth-order valence-electron chi connectivity index (χ4n) is 2.19. The maximum absolute atomic E-state index is 2.41. The van der Waals surface area contributed by atoms with Crippen molar-refractivity contribution in [3.05, 3.63) is 23.3 Å². The number of rotatable bonds is 4. The second-order valence-electron chi connectivity index (χ2n) is 7.20. The minimum atomic E-state index is 0.290. The second kappa shape index (κ2) is 5.70. The van der Waals surface area contributed by atoms with Crippen LogP contribution in [0.1, 0.15) is 68.2 Å². The van der Waals surface area contributed by atoms with E-state index in [2.05, 4.69) is 67.5 Å². The summed E-state index contributed by atoms with van der Waals surface area (Å²) in [5.41, 5.74) is 3.62. The Kier molecular flexibility index (Phi) is 5.52. The molecular weight excluding hydrogens is 192 g/mol. The van der Waals surface area contributed by atoms with E-state index in [1.54, 1.807) is 0 Å². The predicted molar refractivity (Wildman–Crippen MR) is 75.7 cm³/mol. The maximum atomic E-state index is 2.41. The third kappa shape index (κ3) is 8.76. The summed E-state index contributed by atoms with van der Waals surface area (Å²) in [7, 11) is 0. The van der Waals surface area contributed by atoms with E-state index in [1.165, 1.54) is 17.6 Å². The summed E-state index contributed by atoms with van der Waals surface area (Å²) in [6.45, 7) is 18.1. The topological polar surface area (TPSA) is 0 Å². The molecule has 0 spiro atoms. The summed E-state index contributed by atoms with van der Waals surface area (Å²) >= 11 is 0. The molecular formula is C16H30. The molecule has 0 heteroatoms. The first kappa shape index (κ1) is 15.5. The van der Waals surface area contributed by atoms with Gasteiger partial charge in [-0.1, -0.05) is 57.9 Å². The molecule has 0 radical (unpaired) electrons. The summed E-state index contributed by atoms with van der Waals surface area (Å²) in [6.07, 6.45) is 7.11. The molecule has 0 saturated carbocycles. The van der Waals surface area contributed by atoms with Crippen LogP contribution in [0.4, 0.5) is 0 Å². The van der Waals surface area contributed by atoms with Crippen molar-refractivity contribution in [2.24, 2.45) is 10.8 Å². The SMILES string of the molecule is CC(C)=CC(C)(C)CC=C(C)CC(C)(C)C. The van der Waals surface area contributed by atoms with Gasteiger partial charge in [0, 0.05) is 0 Å². The van der Waals surface area contributed by atoms with Crippen molar-refractivity contribution in [2.45, 2.75) is 68.2 Å². The first-order chi connectivity index (χ1) is 7.02. The van der Waals surface area contributed by atoms with Crippen LogP contribution in [0.25, 0.3) is 0 Å². The molecule has 0 amide bonds. The average Bonchev–Trinajstić information content (AvgIpc) is 1.95. The van der Waals surface area contributed by atoms with E-state index in [0.717, 1.165) is 6.42 Å². The van der Waals surface area contributed by atoms with Gasteiger partial charge in [0.05, 0.1) is 0 Å². The molecule has 0 aliphatic heterocycles. The Morgan fingerprint density at radius 1 is 0.938 bits per heavy atom. The number of hydrogen-bond acceptors (Lipinski definition) is 0. The normalized spacial score (nSPS) is 13.9. The van der Waals surface area contributed by atoms with Gasteiger partial charge in [0.2, 0.25) is 0 Å². The summed E-state index contributed by atoms with van der Waals surface area (Å²) in [6, 6.07) is 0. The molecule has 0 saturated heterocycles. The van der Waals surface area contributed by atoms with Crippen LogP contribution in [0.3, 0.4) is 0 Å². The third-order valence-electron chi connectivity index (χ3n) is 2.47. The summed E-state index contributed by atoms with van der Waals surface area (Å²) < 4.78 is 0. The van der Waals surface area contributed by atoms with Crippen molar-refractivity contribution in [2.75, 3.05) is 0 Å². The third-order valence-corrected chi connectivity index (χ3v) is 2.47. The standard InChI is InChI=1S/C16H30/c1-13(2)11-16(7,8)10-9-14(3)12-15(4,5)6/h9,11H,10,12H2,1-8H3. The van der Waals surface area contributed by atoms with Gasteiger partial charge in [-0.05, 0) is 44.4 Å². The molecule has 16 heavy (non-hydrogen) atoms. The first-order valence-corrected chi connectivity index (χ1v) is 6.33. The van der Waals surface area contributed by atoms with Crippen molar-refractivity contribution in [1.29, 1.82) is 0 Å². The summed E-state index contributed by atoms with van der Waals surface area (Å²) in [5, 5.41) is 0. The Morgan fingerprint density at radius 3 is 1.81 bits per heavy atom. The van der Waals surface area contributed by atoms with Crippen LogP contribution in [0.2, 0.25) is 0 Å². The summed E-state index contributed by atoms with van der Waals surface area (Å²) in [5.74, 6) is 0. The molecule has 0 aromatic rings. The van der Waals surface area contributed by atoms with Gasteiger partial charge in [0.15, 0.2) is 0 Å². The quantitative estimate of drug-likeness (QED) is 0.531. The van der Waals surface area contributed by atoms with E-state index in [-0.39, 0.29) is 5.41 Å². The van der Waals surface area contributed by atoms with Gasteiger partial charge in [0.1, 0.15) is 0 Å². The zero-order valence-electron chi connectivity index (χ0n) is 12.6. The highest BCUT2D eigenvalue weighted by atomic mass is 14.2. The first-order valence-electron chi connectivity index (χ1n) is 6.33. The van der Waals surface area contributed by atoms with Gasteiger partial charge >= 0.3 is 0 Å². The van der Waals surface area contributed by atoms with Crippen molar-refractivity contribution in [3.8, 4) is 0 Å². The Hall–Kier alpha value is -0.520. The zero-order valence-corrected chi connectivity index (χ0v) is 12.6. The van der Waals surface area contributed by atoms with E-state index in [4.69, 9.17) is 0 Å². The molecule has 0 nitrogen and oxygen atoms in total. The molecule has 0 fully saturated rings. The number of hydrogen-bond donors (Lipinski definition) is 0. The van der Waals surface area contributed by atoms with Crippen molar-refractivity contribution >= 4 is 0 Å². The monoisotopic (exact) mass is 222 g/mol. The molecule has 0 unspecified atom stereocenters. The van der Waals surface area contributed by atoms with E-state index < -0.39 is 0 Å². The molecule has 0 N–H and O–H groups in total. The maximum Gasteiger partial charge on any atom is -0.0138 e. The molecule has 0 rings (SSSR count). The van der Waals surface area contributed by atoms with Gasteiger partial charge in [-0.15, -0.1) is 0 Å². The van der Waals surface area contributed by atoms with E-state index >= 15 is 0 Å². The Bertz CT molecular complexity index is 265. The van der Waals surface area contributed by atoms with Crippen LogP contribution >= 0.6 is 0 Å². The van der Waals surface area contributed by atoms with Crippen molar-refractivity contribution < 1.29 is 0 Å². The lowest BCUT2D eigenvalue weighted by atomic mass is 9.84. The van der Waals surface area contributed by atoms with Gasteiger partial charge in [-0.2, -0.15) is 0 Å². The predicted octanol–water partition coefficient (Wildman–Crippen LogP) is 5.75. The Morgan fingerprint density at radius 2 is 1.44 bits per heavy atom. The van der Waals surface area contributed by atoms with Gasteiger partial charge in [0.25, 0.3) is 0 Å². The van der Waals surface area contributed by atoms with E-state index in [0.29, 0.717) is 5.41 Å². The zero-order chi connectivity index (χ0) is 13.0. The molecule has 0 aliphatic carbocycles. The van der Waals surface area contributed by atoms with Gasteiger partial charge in [-0.3, -0.25) is 0 Å². The number of allylic oxidation sites excluding steroid dienone is 4. The molecule has 0 bridgehead atoms. The second-order valence-corrected chi connectivity index (χ2v) is 7.20. The molecule has 94 valence electrons. The fourth-order valence-corrected chi connectivity index (χ4v) is 2.19. The van der Waals surface area contributed by atoms with Crippen LogP contribution in [0.5, 0.6) is 0 Å². The van der Waals surface area contributed by atoms with E-state index in [1.807, 2.05) is 0 Å². The minimum Gasteiger partial charge on any atom is -0.0847 e. The smallest absolute Gasteiger partial charge is 0.0138 e. The van der Waals surface area contributed by atoms with Gasteiger partial charge < -0.3 is 0 Å². The van der Waals surface area contributed by atoms with Crippen LogP contribution in [0, 0.1) is 10.8 Å². The van der Waals surface area contributed by atoms with Crippen LogP contribution in [0.15, 0.2) is 23.3 Å². The molecule has 0 heterocycles. The highest BCUT2D eigenvalue weighted by Gasteiger charge is 2.14. The van der Waals surface area contributed by atoms with Crippen LogP contribution < -0.4 is 0 Å². The summed E-state index contributed by atoms with van der Waals surface area (Å²) in [4.78, 5) is 0. The Balaban J connectivity index is 4.42. The largest absolute Gasteiger partial charge is 0.0847 e. The Labute approximate surface area is 103 Å². The van der Waals surface area contributed by atoms with Gasteiger partial charge in [-0.25, -0.2) is 0 Å². The lowest BCUT2D eigenvalue weighted by Crippen LogP contribution is -2.08. The van der Waals surface area contributed by atoms with E-state index in [9.17, 15) is 0 Å². The lowest BCUT2D eigenvalue weighted by Gasteiger charge is -2.22. The molecule has 0 aromatic carbocycles. The minimum absolute atomic E-state index is 0.290. The highest BCUT2D eigenvalue weighted by Crippen LogP contribution is 2.28. The molecule has 0 aliphatic rings. The average molecular weight is 222 g/mol. The molecule has 0 atom stereocenters. The van der Waals surface area contributed by atoms with Crippen LogP contribution in [-0.2, 0) is 0 Å². The van der Waals surface area contributed by atoms with Crippen molar-refractivity contribution in [1.82, 2.24) is 0 Å². The highest BCUT2D eigenvalue weighted by molar-refractivity contribution is 5.08. The molecule has 0 aromatic heterocycles. The van der Waals surface area contributed by atoms with Crippen molar-refractivity contribution in [3.63, 3.8) is 0 Å². The van der Waals surface area contributed by atoms with Crippen LogP contribution in [-0.4, -0.2) is 0 Å². The fraction of sp³-hybridized carbons (Fsp3) is 0.750.